The van der Waals surface area contributed by atoms with Gasteiger partial charge in [-0.25, -0.2) is 0 Å². The molecule has 0 bridgehead atoms. The summed E-state index contributed by atoms with van der Waals surface area (Å²) >= 11 is 0.632. The molecule has 26 heavy (non-hydrogen) atoms. The number of allylic oxidation sites excluding steroid dienone is 5. The first kappa shape index (κ1) is 24.9. The Morgan fingerprint density at radius 2 is 1.92 bits per heavy atom. The molecule has 0 saturated heterocycles. The summed E-state index contributed by atoms with van der Waals surface area (Å²) in [5.41, 5.74) is -0.117. The minimum atomic E-state index is -0.622. The van der Waals surface area contributed by atoms with Crippen molar-refractivity contribution in [3.8, 4) is 0 Å². The monoisotopic (exact) mass is 555 g/mol. The van der Waals surface area contributed by atoms with Crippen molar-refractivity contribution in [2.24, 2.45) is 5.41 Å². The molecule has 0 aromatic rings. The molecule has 5 nitrogen and oxygen atoms in total. The number of carbonyl (C=O) groups excluding carboxylic acids is 2. The van der Waals surface area contributed by atoms with Gasteiger partial charge in [-0.1, -0.05) is 0 Å². The maximum atomic E-state index is 12.7. The van der Waals surface area contributed by atoms with Crippen LogP contribution in [0.2, 0.25) is 3.98 Å². The second kappa shape index (κ2) is 12.3. The Balaban J connectivity index is 5.20. The second-order valence-corrected chi connectivity index (χ2v) is 8.61. The van der Waals surface area contributed by atoms with E-state index in [0.717, 1.165) is 9.55 Å². The topological polar surface area (TPSA) is 64.6 Å². The van der Waals surface area contributed by atoms with Gasteiger partial charge in [-0.2, -0.15) is 0 Å². The third-order valence-corrected chi connectivity index (χ3v) is 6.77. The molecule has 0 rings (SSSR count). The molecule has 1 N–H and O–H groups in total. The van der Waals surface area contributed by atoms with Crippen molar-refractivity contribution in [1.82, 2.24) is 5.32 Å². The molecule has 0 radical (unpaired) electrons. The molecule has 1 amide bonds. The van der Waals surface area contributed by atoms with Crippen molar-refractivity contribution < 1.29 is 19.1 Å². The zero-order chi connectivity index (χ0) is 20.2. The second-order valence-electron chi connectivity index (χ2n) is 7.02. The Morgan fingerprint density at radius 3 is 2.38 bits per heavy atom. The van der Waals surface area contributed by atoms with Gasteiger partial charge >= 0.3 is 174 Å². The van der Waals surface area contributed by atoms with E-state index >= 15 is 0 Å². The van der Waals surface area contributed by atoms with Crippen molar-refractivity contribution in [2.45, 2.75) is 57.0 Å². The van der Waals surface area contributed by atoms with Crippen LogP contribution < -0.4 is 5.32 Å². The third-order valence-electron chi connectivity index (χ3n) is 3.73. The Hall–Kier alpha value is -1.12. The first-order valence-corrected chi connectivity index (χ1v) is 12.1. The van der Waals surface area contributed by atoms with Crippen LogP contribution in [0.5, 0.6) is 0 Å². The first-order valence-electron chi connectivity index (χ1n) is 8.92. The van der Waals surface area contributed by atoms with E-state index in [0.29, 0.717) is 51.8 Å². The van der Waals surface area contributed by atoms with Crippen LogP contribution in [0.25, 0.3) is 0 Å². The molecule has 0 aromatic carbocycles. The summed E-state index contributed by atoms with van der Waals surface area (Å²) in [4.78, 5) is 24.6. The van der Waals surface area contributed by atoms with Gasteiger partial charge in [-0.3, -0.25) is 0 Å². The Morgan fingerprint density at radius 1 is 1.27 bits per heavy atom. The average molecular weight is 555 g/mol. The van der Waals surface area contributed by atoms with Crippen molar-refractivity contribution >= 4 is 37.8 Å². The van der Waals surface area contributed by atoms with Gasteiger partial charge in [0, 0.05) is 0 Å². The van der Waals surface area contributed by atoms with E-state index in [1.165, 1.54) is 0 Å². The van der Waals surface area contributed by atoms with Gasteiger partial charge in [0.2, 0.25) is 0 Å². The molecule has 0 saturated carbocycles. The number of hydrogen-bond acceptors (Lipinski definition) is 4. The Kier molecular flexibility index (Phi) is 11.8. The number of carbonyl (C=O) groups is 2. The zero-order valence-electron chi connectivity index (χ0n) is 16.8. The maximum absolute atomic E-state index is 12.7. The molecule has 6 heteroatoms. The van der Waals surface area contributed by atoms with E-state index in [4.69, 9.17) is 9.47 Å². The molecule has 144 valence electrons. The SMILES string of the molecule is C=C/C=C\C(=C/C)CC([CH2][Tl])(CCNC(=O)OC(C)(C)C)C(=O)OCC. The standard InChI is InChI=1S/C20H32NO4.Tl/c1-8-11-12-16(9-2)15-20(7,17(22)24-10-3)13-14-21-18(23)25-19(4,5)6;/h8-9,11-12H,1,7,10,13-15H2,2-6H3,(H,21,23);/b12-11-,16-9+;. The number of amides is 1. The molecule has 0 fully saturated rings. The molecule has 0 aliphatic rings. The molecular weight excluding hydrogens is 523 g/mol. The number of nitrogens with one attached hydrogen (secondary N) is 1. The van der Waals surface area contributed by atoms with Crippen LogP contribution >= 0.6 is 0 Å². The van der Waals surface area contributed by atoms with Crippen molar-refractivity contribution in [2.75, 3.05) is 13.2 Å². The van der Waals surface area contributed by atoms with Crippen molar-refractivity contribution in [1.29, 1.82) is 0 Å². The van der Waals surface area contributed by atoms with Crippen LogP contribution in [0.1, 0.15) is 47.5 Å². The fraction of sp³-hybridized carbons (Fsp3) is 0.600. The quantitative estimate of drug-likeness (QED) is 0.251. The molecule has 0 heterocycles. The van der Waals surface area contributed by atoms with Gasteiger partial charge in [0.05, 0.1) is 0 Å². The van der Waals surface area contributed by atoms with E-state index in [9.17, 15) is 9.59 Å². The molecule has 0 spiro atoms. The number of ether oxygens (including phenoxy) is 2. The van der Waals surface area contributed by atoms with E-state index < -0.39 is 17.1 Å². The van der Waals surface area contributed by atoms with Gasteiger partial charge in [0.25, 0.3) is 0 Å². The normalized spacial score (nSPS) is 14.5. The summed E-state index contributed by atoms with van der Waals surface area (Å²) in [5.74, 6) is -0.195. The summed E-state index contributed by atoms with van der Waals surface area (Å²) in [6, 6.07) is 0. The van der Waals surface area contributed by atoms with Gasteiger partial charge in [0.1, 0.15) is 0 Å². The number of esters is 1. The molecule has 0 aliphatic carbocycles. The summed E-state index contributed by atoms with van der Waals surface area (Å²) in [6.45, 7) is 13.6. The van der Waals surface area contributed by atoms with Crippen LogP contribution in [0, 0.1) is 5.41 Å². The molecular formula is C20H32NO4Tl. The fourth-order valence-electron chi connectivity index (χ4n) is 2.36. The van der Waals surface area contributed by atoms with Crippen LogP contribution in [-0.4, -0.2) is 56.6 Å². The molecule has 1 atom stereocenters. The van der Waals surface area contributed by atoms with Crippen LogP contribution in [0.3, 0.4) is 0 Å². The van der Waals surface area contributed by atoms with E-state index in [2.05, 4.69) is 11.9 Å². The van der Waals surface area contributed by atoms with Crippen LogP contribution in [-0.2, 0) is 14.3 Å². The summed E-state index contributed by atoms with van der Waals surface area (Å²) in [7, 11) is 0. The van der Waals surface area contributed by atoms with Crippen LogP contribution in [0.4, 0.5) is 4.79 Å². The average Bonchev–Trinajstić information content (AvgIpc) is 2.55. The number of alkyl carbamates (subject to hydrolysis) is 1. The summed E-state index contributed by atoms with van der Waals surface area (Å²) < 4.78 is 11.4. The van der Waals surface area contributed by atoms with Gasteiger partial charge in [-0.15, -0.1) is 0 Å². The summed E-state index contributed by atoms with van der Waals surface area (Å²) in [6.07, 6.45) is 8.16. The molecule has 1 unspecified atom stereocenters. The minimum absolute atomic E-state index is 0.195. The van der Waals surface area contributed by atoms with Gasteiger partial charge < -0.3 is 0 Å². The van der Waals surface area contributed by atoms with Crippen molar-refractivity contribution in [3.63, 3.8) is 0 Å². The summed E-state index contributed by atoms with van der Waals surface area (Å²) in [5, 5.41) is 2.76. The third kappa shape index (κ3) is 9.54. The Bertz CT molecular complexity index is 534. The first-order chi connectivity index (χ1) is 12.1. The predicted molar refractivity (Wildman–Crippen MR) is 106 cm³/mol. The van der Waals surface area contributed by atoms with Crippen molar-refractivity contribution in [3.05, 3.63) is 36.5 Å². The Labute approximate surface area is 174 Å². The van der Waals surface area contributed by atoms with E-state index in [-0.39, 0.29) is 5.97 Å². The predicted octanol–water partition coefficient (Wildman–Crippen LogP) is 4.12. The van der Waals surface area contributed by atoms with E-state index in [1.54, 1.807) is 6.08 Å². The van der Waals surface area contributed by atoms with E-state index in [1.807, 2.05) is 52.8 Å². The van der Waals surface area contributed by atoms with Crippen LogP contribution in [0.15, 0.2) is 36.5 Å². The molecule has 0 aromatic heterocycles. The number of rotatable bonds is 10. The van der Waals surface area contributed by atoms with Gasteiger partial charge in [-0.05, 0) is 0 Å². The van der Waals surface area contributed by atoms with Gasteiger partial charge in [0.15, 0.2) is 0 Å². The molecule has 0 aliphatic heterocycles. The zero-order valence-corrected chi connectivity index (χ0v) is 21.3. The number of hydrogen-bond donors (Lipinski definition) is 1. The fourth-order valence-corrected chi connectivity index (χ4v) is 4.36.